The maximum Gasteiger partial charge on any atom is 0.162 e. The maximum atomic E-state index is 13.6. The van der Waals surface area contributed by atoms with Crippen LogP contribution in [0.15, 0.2) is 47.1 Å². The third-order valence-electron chi connectivity index (χ3n) is 6.78. The van der Waals surface area contributed by atoms with Crippen LogP contribution in [-0.4, -0.2) is 10.8 Å². The molecule has 0 radical (unpaired) electrons. The highest BCUT2D eigenvalue weighted by atomic mass is 32.1. The van der Waals surface area contributed by atoms with Crippen LogP contribution in [0.4, 0.5) is 5.82 Å². The molecule has 26 heavy (non-hydrogen) atoms. The van der Waals surface area contributed by atoms with E-state index in [1.807, 2.05) is 11.6 Å². The van der Waals surface area contributed by atoms with Gasteiger partial charge in [-0.25, -0.2) is 4.98 Å². The van der Waals surface area contributed by atoms with Crippen molar-refractivity contribution < 1.29 is 4.79 Å². The zero-order chi connectivity index (χ0) is 17.8. The third-order valence-corrected chi connectivity index (χ3v) is 7.77. The quantitative estimate of drug-likeness (QED) is 0.771. The molecule has 134 valence electrons. The van der Waals surface area contributed by atoms with E-state index in [-0.39, 0.29) is 10.8 Å². The number of Topliss-reactive ketones (excluding diaryl/α,β-unsaturated/α-hetero) is 1. The summed E-state index contributed by atoms with van der Waals surface area (Å²) in [4.78, 5) is 19.4. The Labute approximate surface area is 158 Å². The van der Waals surface area contributed by atoms with Crippen molar-refractivity contribution in [2.24, 2.45) is 5.41 Å². The van der Waals surface area contributed by atoms with Crippen molar-refractivity contribution in [3.05, 3.63) is 57.6 Å². The highest BCUT2D eigenvalue weighted by molar-refractivity contribution is 7.10. The molecule has 1 saturated carbocycles. The van der Waals surface area contributed by atoms with Gasteiger partial charge < -0.3 is 5.32 Å². The number of nitrogens with one attached hydrogen (secondary N) is 1. The minimum atomic E-state index is -0.352. The van der Waals surface area contributed by atoms with E-state index >= 15 is 0 Å². The second kappa shape index (κ2) is 5.78. The van der Waals surface area contributed by atoms with Gasteiger partial charge in [0.1, 0.15) is 5.82 Å². The van der Waals surface area contributed by atoms with E-state index in [1.54, 1.807) is 11.3 Å². The highest BCUT2D eigenvalue weighted by Crippen LogP contribution is 2.58. The molecule has 1 spiro atoms. The van der Waals surface area contributed by atoms with E-state index in [2.05, 4.69) is 41.5 Å². The van der Waals surface area contributed by atoms with E-state index in [1.165, 1.54) is 36.1 Å². The summed E-state index contributed by atoms with van der Waals surface area (Å²) in [5, 5.41) is 3.58. The molecule has 0 bridgehead atoms. The lowest BCUT2D eigenvalue weighted by Gasteiger charge is -2.45. The molecular weight excluding hydrogens is 340 g/mol. The van der Waals surface area contributed by atoms with Crippen molar-refractivity contribution in [3.63, 3.8) is 0 Å². The molecule has 1 aromatic carbocycles. The fraction of sp³-hybridized carbons (Fsp3) is 0.455. The van der Waals surface area contributed by atoms with Crippen molar-refractivity contribution in [1.82, 2.24) is 4.98 Å². The molecule has 2 aromatic rings. The van der Waals surface area contributed by atoms with Crippen LogP contribution in [0.1, 0.15) is 62.3 Å². The summed E-state index contributed by atoms with van der Waals surface area (Å²) in [5.41, 5.74) is 5.13. The minimum absolute atomic E-state index is 0.187. The van der Waals surface area contributed by atoms with Gasteiger partial charge in [0.05, 0.1) is 15.8 Å². The molecule has 1 fully saturated rings. The van der Waals surface area contributed by atoms with Crippen molar-refractivity contribution in [3.8, 4) is 0 Å². The molecule has 0 saturated heterocycles. The summed E-state index contributed by atoms with van der Waals surface area (Å²) in [6.45, 7) is 2.21. The fourth-order valence-electron chi connectivity index (χ4n) is 5.64. The zero-order valence-corrected chi connectivity index (χ0v) is 16.0. The average molecular weight is 365 g/mol. The van der Waals surface area contributed by atoms with E-state index < -0.39 is 0 Å². The number of carbonyl (C=O) groups is 1. The first-order valence-corrected chi connectivity index (χ1v) is 10.6. The van der Waals surface area contributed by atoms with Gasteiger partial charge in [-0.05, 0) is 36.7 Å². The molecule has 3 nitrogen and oxygen atoms in total. The van der Waals surface area contributed by atoms with Crippen molar-refractivity contribution in [2.75, 3.05) is 5.32 Å². The standard InChI is InChI=1S/C22H24N2OS/c1-2-22(15-8-4-3-5-9-15)18-16(24-20-19(22)26-14-23-20)12-21(13-17(18)25)10-6-7-11-21/h3-5,8-9,14,24H,2,6-7,10-13H2,1H3/t22-/m0/s1. The minimum Gasteiger partial charge on any atom is -0.342 e. The van der Waals surface area contributed by atoms with Crippen molar-refractivity contribution in [2.45, 2.75) is 57.3 Å². The molecule has 1 aromatic heterocycles. The summed E-state index contributed by atoms with van der Waals surface area (Å²) in [7, 11) is 0. The second-order valence-corrected chi connectivity index (χ2v) is 8.97. The number of anilines is 1. The van der Waals surface area contributed by atoms with Gasteiger partial charge in [-0.2, -0.15) is 0 Å². The Morgan fingerprint density at radius 2 is 1.92 bits per heavy atom. The van der Waals surface area contributed by atoms with E-state index in [4.69, 9.17) is 0 Å². The summed E-state index contributed by atoms with van der Waals surface area (Å²) >= 11 is 1.67. The van der Waals surface area contributed by atoms with Crippen molar-refractivity contribution >= 4 is 22.9 Å². The number of carbonyl (C=O) groups excluding carboxylic acids is 1. The molecule has 1 aliphatic heterocycles. The van der Waals surface area contributed by atoms with E-state index in [9.17, 15) is 4.79 Å². The van der Waals surface area contributed by atoms with E-state index in [0.29, 0.717) is 5.78 Å². The van der Waals surface area contributed by atoms with Gasteiger partial charge in [0.2, 0.25) is 0 Å². The molecular formula is C22H24N2OS. The van der Waals surface area contributed by atoms with E-state index in [0.717, 1.165) is 36.4 Å². The molecule has 2 heterocycles. The summed E-state index contributed by atoms with van der Waals surface area (Å²) in [6.07, 6.45) is 7.49. The number of hydrogen-bond donors (Lipinski definition) is 1. The molecule has 5 rings (SSSR count). The SMILES string of the molecule is CC[C@]1(c2ccccc2)C2=C(CC3(CCCC3)CC2=O)Nc2ncsc21. The van der Waals surface area contributed by atoms with Gasteiger partial charge in [0.25, 0.3) is 0 Å². The topological polar surface area (TPSA) is 42.0 Å². The number of thiazole rings is 1. The van der Waals surface area contributed by atoms with Crippen LogP contribution in [0.3, 0.4) is 0 Å². The first kappa shape index (κ1) is 16.2. The lowest BCUT2D eigenvalue weighted by atomic mass is 9.61. The number of hydrogen-bond acceptors (Lipinski definition) is 4. The van der Waals surface area contributed by atoms with Gasteiger partial charge in [-0.3, -0.25) is 4.79 Å². The van der Waals surface area contributed by atoms with Crippen LogP contribution in [0.5, 0.6) is 0 Å². The molecule has 1 atom stereocenters. The lowest BCUT2D eigenvalue weighted by Crippen LogP contribution is -2.43. The Morgan fingerprint density at radius 3 is 2.65 bits per heavy atom. The predicted octanol–water partition coefficient (Wildman–Crippen LogP) is 5.44. The first-order chi connectivity index (χ1) is 12.7. The Morgan fingerprint density at radius 1 is 1.15 bits per heavy atom. The van der Waals surface area contributed by atoms with Crippen LogP contribution < -0.4 is 5.32 Å². The first-order valence-electron chi connectivity index (χ1n) is 9.72. The number of allylic oxidation sites excluding steroid dienone is 2. The number of aromatic nitrogens is 1. The Bertz CT molecular complexity index is 892. The normalized spacial score (nSPS) is 26.6. The van der Waals surface area contributed by atoms with Crippen LogP contribution >= 0.6 is 11.3 Å². The number of benzene rings is 1. The number of ketones is 1. The van der Waals surface area contributed by atoms with Crippen LogP contribution in [0, 0.1) is 5.41 Å². The molecule has 2 aliphatic carbocycles. The van der Waals surface area contributed by atoms with Gasteiger partial charge >= 0.3 is 0 Å². The zero-order valence-electron chi connectivity index (χ0n) is 15.2. The highest BCUT2D eigenvalue weighted by Gasteiger charge is 2.52. The predicted molar refractivity (Wildman–Crippen MR) is 105 cm³/mol. The smallest absolute Gasteiger partial charge is 0.162 e. The lowest BCUT2D eigenvalue weighted by molar-refractivity contribution is -0.119. The third kappa shape index (κ3) is 2.11. The Kier molecular flexibility index (Phi) is 3.61. The second-order valence-electron chi connectivity index (χ2n) is 8.12. The monoisotopic (exact) mass is 364 g/mol. The van der Waals surface area contributed by atoms with Gasteiger partial charge in [0, 0.05) is 17.7 Å². The molecule has 1 N–H and O–H groups in total. The van der Waals surface area contributed by atoms with Crippen LogP contribution in [-0.2, 0) is 10.2 Å². The van der Waals surface area contributed by atoms with Gasteiger partial charge in [0.15, 0.2) is 5.78 Å². The average Bonchev–Trinajstić information content (AvgIpc) is 3.30. The fourth-order valence-corrected chi connectivity index (χ4v) is 6.68. The Balaban J connectivity index is 1.75. The number of rotatable bonds is 2. The number of fused-ring (bicyclic) bond motifs is 1. The van der Waals surface area contributed by atoms with Crippen LogP contribution in [0.2, 0.25) is 0 Å². The summed E-state index contributed by atoms with van der Waals surface area (Å²) in [6, 6.07) is 10.6. The largest absolute Gasteiger partial charge is 0.342 e. The molecule has 4 heteroatoms. The Hall–Kier alpha value is -1.94. The van der Waals surface area contributed by atoms with Crippen molar-refractivity contribution in [1.29, 1.82) is 0 Å². The molecule has 3 aliphatic rings. The summed E-state index contributed by atoms with van der Waals surface area (Å²) < 4.78 is 0. The maximum absolute atomic E-state index is 13.6. The molecule has 0 amide bonds. The van der Waals surface area contributed by atoms with Gasteiger partial charge in [-0.15, -0.1) is 11.3 Å². The van der Waals surface area contributed by atoms with Gasteiger partial charge in [-0.1, -0.05) is 50.1 Å². The number of nitrogens with zero attached hydrogens (tertiary/aromatic N) is 1. The summed E-state index contributed by atoms with van der Waals surface area (Å²) in [5.74, 6) is 1.31. The van der Waals surface area contributed by atoms with Crippen LogP contribution in [0.25, 0.3) is 0 Å². The molecule has 0 unspecified atom stereocenters.